The quantitative estimate of drug-likeness (QED) is 0.941. The van der Waals surface area contributed by atoms with Crippen molar-refractivity contribution in [1.82, 2.24) is 4.98 Å². The van der Waals surface area contributed by atoms with Crippen molar-refractivity contribution in [3.63, 3.8) is 0 Å². The number of pyridine rings is 1. The summed E-state index contributed by atoms with van der Waals surface area (Å²) in [6.07, 6.45) is 1.18. The predicted molar refractivity (Wildman–Crippen MR) is 86.4 cm³/mol. The number of anilines is 1. The number of hydrogen-bond acceptors (Lipinski definition) is 4. The van der Waals surface area contributed by atoms with E-state index in [1.54, 1.807) is 0 Å². The number of benzene rings is 1. The average Bonchev–Trinajstić information content (AvgIpc) is 2.53. The van der Waals surface area contributed by atoms with Gasteiger partial charge in [-0.2, -0.15) is 11.8 Å². The van der Waals surface area contributed by atoms with Gasteiger partial charge in [0, 0.05) is 35.0 Å². The lowest BCUT2D eigenvalue weighted by molar-refractivity contribution is 0.282. The molecule has 106 valence electrons. The van der Waals surface area contributed by atoms with Gasteiger partial charge in [-0.1, -0.05) is 25.1 Å². The lowest BCUT2D eigenvalue weighted by atomic mass is 10.1. The Hall–Kier alpha value is -1.26. The average molecular weight is 288 g/mol. The zero-order chi connectivity index (χ0) is 13.9. The first-order chi connectivity index (χ1) is 9.81. The molecule has 1 aromatic carbocycles. The number of aliphatic hydroxyl groups excluding tert-OH is 1. The maximum Gasteiger partial charge on any atom is 0.134 e. The fourth-order valence-corrected chi connectivity index (χ4v) is 3.88. The van der Waals surface area contributed by atoms with Crippen LogP contribution in [-0.2, 0) is 6.61 Å². The molecule has 1 atom stereocenters. The summed E-state index contributed by atoms with van der Waals surface area (Å²) < 4.78 is 0. The molecule has 3 rings (SSSR count). The van der Waals surface area contributed by atoms with Gasteiger partial charge >= 0.3 is 0 Å². The Labute approximate surface area is 124 Å². The third-order valence-electron chi connectivity index (χ3n) is 3.84. The van der Waals surface area contributed by atoms with Crippen LogP contribution in [0.15, 0.2) is 30.3 Å². The maximum atomic E-state index is 9.66. The zero-order valence-corrected chi connectivity index (χ0v) is 12.6. The third kappa shape index (κ3) is 2.63. The van der Waals surface area contributed by atoms with Gasteiger partial charge in [-0.05, 0) is 18.6 Å². The van der Waals surface area contributed by atoms with Crippen LogP contribution in [0.1, 0.15) is 18.9 Å². The summed E-state index contributed by atoms with van der Waals surface area (Å²) in [5.74, 6) is 2.10. The highest BCUT2D eigenvalue weighted by molar-refractivity contribution is 8.00. The molecule has 1 N–H and O–H groups in total. The topological polar surface area (TPSA) is 36.4 Å². The molecule has 1 saturated heterocycles. The Morgan fingerprint density at radius 2 is 2.25 bits per heavy atom. The minimum atomic E-state index is 0.0492. The molecule has 3 nitrogen and oxygen atoms in total. The van der Waals surface area contributed by atoms with Crippen molar-refractivity contribution >= 4 is 28.5 Å². The second-order valence-corrected chi connectivity index (χ2v) is 6.58. The first-order valence-corrected chi connectivity index (χ1v) is 8.22. The van der Waals surface area contributed by atoms with Crippen molar-refractivity contribution in [3.05, 3.63) is 35.9 Å². The number of nitrogens with zero attached hydrogens (tertiary/aromatic N) is 2. The van der Waals surface area contributed by atoms with E-state index in [0.29, 0.717) is 5.25 Å². The van der Waals surface area contributed by atoms with E-state index in [0.717, 1.165) is 41.1 Å². The van der Waals surface area contributed by atoms with Crippen molar-refractivity contribution in [1.29, 1.82) is 0 Å². The normalized spacial score (nSPS) is 19.5. The predicted octanol–water partition coefficient (Wildman–Crippen LogP) is 3.06. The molecule has 0 aliphatic carbocycles. The van der Waals surface area contributed by atoms with Gasteiger partial charge in [-0.3, -0.25) is 0 Å². The summed E-state index contributed by atoms with van der Waals surface area (Å²) in [7, 11) is 0. The molecule has 0 spiro atoms. The van der Waals surface area contributed by atoms with Gasteiger partial charge in [-0.15, -0.1) is 0 Å². The van der Waals surface area contributed by atoms with E-state index in [-0.39, 0.29) is 6.61 Å². The molecule has 20 heavy (non-hydrogen) atoms. The second kappa shape index (κ2) is 6.02. The van der Waals surface area contributed by atoms with Crippen molar-refractivity contribution in [2.24, 2.45) is 0 Å². The summed E-state index contributed by atoms with van der Waals surface area (Å²) in [6.45, 7) is 4.33. The maximum absolute atomic E-state index is 9.66. The monoisotopic (exact) mass is 288 g/mol. The van der Waals surface area contributed by atoms with E-state index in [1.807, 2.05) is 36.0 Å². The molecule has 1 aromatic heterocycles. The third-order valence-corrected chi connectivity index (χ3v) is 5.22. The first-order valence-electron chi connectivity index (χ1n) is 7.18. The molecule has 1 fully saturated rings. The van der Waals surface area contributed by atoms with Crippen LogP contribution in [0.3, 0.4) is 0 Å². The fraction of sp³-hybridized carbons (Fsp3) is 0.438. The molecule has 4 heteroatoms. The molecule has 0 radical (unpaired) electrons. The minimum Gasteiger partial charge on any atom is -0.392 e. The highest BCUT2D eigenvalue weighted by Crippen LogP contribution is 2.29. The van der Waals surface area contributed by atoms with Crippen molar-refractivity contribution in [2.45, 2.75) is 25.2 Å². The Balaban J connectivity index is 2.00. The Morgan fingerprint density at radius 3 is 3.05 bits per heavy atom. The van der Waals surface area contributed by atoms with E-state index in [1.165, 1.54) is 6.42 Å². The van der Waals surface area contributed by atoms with Gasteiger partial charge in [0.1, 0.15) is 5.82 Å². The number of aliphatic hydroxyl groups is 1. The summed E-state index contributed by atoms with van der Waals surface area (Å²) in [6, 6.07) is 10.2. The smallest absolute Gasteiger partial charge is 0.134 e. The first kappa shape index (κ1) is 13.7. The fourth-order valence-electron chi connectivity index (χ4n) is 2.70. The Morgan fingerprint density at radius 1 is 1.40 bits per heavy atom. The molecule has 0 bridgehead atoms. The SMILES string of the molecule is CCC1CN(c2nc3ccccc3cc2CO)CCS1. The minimum absolute atomic E-state index is 0.0492. The van der Waals surface area contributed by atoms with Gasteiger partial charge in [0.2, 0.25) is 0 Å². The molecule has 0 saturated carbocycles. The number of hydrogen-bond donors (Lipinski definition) is 1. The number of rotatable bonds is 3. The lowest BCUT2D eigenvalue weighted by Gasteiger charge is -2.34. The number of aromatic nitrogens is 1. The highest BCUT2D eigenvalue weighted by Gasteiger charge is 2.22. The van der Waals surface area contributed by atoms with E-state index in [2.05, 4.69) is 17.9 Å². The van der Waals surface area contributed by atoms with E-state index >= 15 is 0 Å². The van der Waals surface area contributed by atoms with Crippen LogP contribution in [0, 0.1) is 0 Å². The van der Waals surface area contributed by atoms with Crippen molar-refractivity contribution in [2.75, 3.05) is 23.7 Å². The molecular formula is C16H20N2OS. The van der Waals surface area contributed by atoms with Gasteiger partial charge in [0.05, 0.1) is 12.1 Å². The molecule has 0 amide bonds. The van der Waals surface area contributed by atoms with Crippen molar-refractivity contribution in [3.8, 4) is 0 Å². The molecular weight excluding hydrogens is 268 g/mol. The lowest BCUT2D eigenvalue weighted by Crippen LogP contribution is -2.38. The van der Waals surface area contributed by atoms with Gasteiger partial charge in [-0.25, -0.2) is 4.98 Å². The van der Waals surface area contributed by atoms with Crippen LogP contribution in [0.2, 0.25) is 0 Å². The van der Waals surface area contributed by atoms with E-state index < -0.39 is 0 Å². The number of fused-ring (bicyclic) bond motifs is 1. The summed E-state index contributed by atoms with van der Waals surface area (Å²) in [5, 5.41) is 11.4. The zero-order valence-electron chi connectivity index (χ0n) is 11.7. The van der Waals surface area contributed by atoms with Crippen LogP contribution in [-0.4, -0.2) is 34.2 Å². The largest absolute Gasteiger partial charge is 0.392 e. The van der Waals surface area contributed by atoms with Crippen LogP contribution in [0.5, 0.6) is 0 Å². The molecule has 2 heterocycles. The summed E-state index contributed by atoms with van der Waals surface area (Å²) in [5.41, 5.74) is 1.94. The Bertz CT molecular complexity index is 602. The van der Waals surface area contributed by atoms with Crippen LogP contribution in [0.25, 0.3) is 10.9 Å². The van der Waals surface area contributed by atoms with Gasteiger partial charge in [0.25, 0.3) is 0 Å². The standard InChI is InChI=1S/C16H20N2OS/c1-2-14-10-18(7-8-20-14)16-13(11-19)9-12-5-3-4-6-15(12)17-16/h3-6,9,14,19H,2,7-8,10-11H2,1H3. The van der Waals surface area contributed by atoms with Crippen molar-refractivity contribution < 1.29 is 5.11 Å². The summed E-state index contributed by atoms with van der Waals surface area (Å²) >= 11 is 2.05. The molecule has 1 aliphatic heterocycles. The number of thioether (sulfide) groups is 1. The van der Waals surface area contributed by atoms with Gasteiger partial charge < -0.3 is 10.0 Å². The number of para-hydroxylation sites is 1. The highest BCUT2D eigenvalue weighted by atomic mass is 32.2. The molecule has 2 aromatic rings. The van der Waals surface area contributed by atoms with Crippen LogP contribution >= 0.6 is 11.8 Å². The summed E-state index contributed by atoms with van der Waals surface area (Å²) in [4.78, 5) is 7.13. The molecule has 1 unspecified atom stereocenters. The van der Waals surface area contributed by atoms with Gasteiger partial charge in [0.15, 0.2) is 0 Å². The van der Waals surface area contributed by atoms with Crippen LogP contribution in [0.4, 0.5) is 5.82 Å². The second-order valence-electron chi connectivity index (χ2n) is 5.17. The van der Waals surface area contributed by atoms with E-state index in [4.69, 9.17) is 4.98 Å². The van der Waals surface area contributed by atoms with E-state index in [9.17, 15) is 5.11 Å². The Kier molecular flexibility index (Phi) is 4.13. The van der Waals surface area contributed by atoms with Crippen LogP contribution < -0.4 is 4.90 Å². The molecule has 1 aliphatic rings.